The van der Waals surface area contributed by atoms with Gasteiger partial charge in [-0.25, -0.2) is 0 Å². The first-order valence-electron chi connectivity index (χ1n) is 11.1. The van der Waals surface area contributed by atoms with E-state index in [4.69, 9.17) is 0 Å². The first-order valence-corrected chi connectivity index (χ1v) is 11.1. The maximum Gasteiger partial charge on any atom is -0.0414 e. The van der Waals surface area contributed by atoms with Gasteiger partial charge in [0.25, 0.3) is 0 Å². The third-order valence-electron chi connectivity index (χ3n) is 5.34. The quantitative estimate of drug-likeness (QED) is 0.208. The Morgan fingerprint density at radius 2 is 0.783 bits per heavy atom. The minimum absolute atomic E-state index is 0.912. The number of unbranched alkanes of at least 4 members (excludes halogenated alkanes) is 14. The van der Waals surface area contributed by atoms with Crippen LogP contribution in [0.4, 0.5) is 0 Å². The van der Waals surface area contributed by atoms with Crippen LogP contribution in [0.2, 0.25) is 0 Å². The van der Waals surface area contributed by atoms with Gasteiger partial charge >= 0.3 is 0 Å². The van der Waals surface area contributed by atoms with Crippen molar-refractivity contribution in [2.24, 2.45) is 5.92 Å². The van der Waals surface area contributed by atoms with Gasteiger partial charge in [-0.15, -0.1) is 0 Å². The molecule has 0 amide bonds. The van der Waals surface area contributed by atoms with Crippen LogP contribution < -0.4 is 0 Å². The van der Waals surface area contributed by atoms with E-state index in [1.165, 1.54) is 116 Å². The Labute approximate surface area is 149 Å². The summed E-state index contributed by atoms with van der Waals surface area (Å²) in [7, 11) is 0. The number of rotatable bonds is 19. The molecule has 0 saturated heterocycles. The van der Waals surface area contributed by atoms with Gasteiger partial charge in [-0.3, -0.25) is 0 Å². The van der Waals surface area contributed by atoms with Crippen LogP contribution in [0.15, 0.2) is 0 Å². The van der Waals surface area contributed by atoms with Crippen molar-refractivity contribution in [2.45, 2.75) is 136 Å². The van der Waals surface area contributed by atoms with E-state index >= 15 is 0 Å². The minimum Gasteiger partial charge on any atom is -0.0654 e. The van der Waals surface area contributed by atoms with Crippen LogP contribution in [-0.4, -0.2) is 0 Å². The SMILES string of the molecule is [CH2]CC(CCCCCCCCC)CCCCCCCCCCC. The van der Waals surface area contributed by atoms with E-state index < -0.39 is 0 Å². The molecule has 0 heteroatoms. The molecule has 1 atom stereocenters. The van der Waals surface area contributed by atoms with E-state index in [-0.39, 0.29) is 0 Å². The van der Waals surface area contributed by atoms with Crippen molar-refractivity contribution >= 4 is 0 Å². The van der Waals surface area contributed by atoms with Crippen LogP contribution >= 0.6 is 0 Å². The maximum absolute atomic E-state index is 4.18. The highest BCUT2D eigenvalue weighted by Gasteiger charge is 2.05. The molecule has 0 spiro atoms. The topological polar surface area (TPSA) is 0 Å². The molecule has 0 aromatic rings. The summed E-state index contributed by atoms with van der Waals surface area (Å²) in [5, 5.41) is 0. The summed E-state index contributed by atoms with van der Waals surface area (Å²) in [5.41, 5.74) is 0. The van der Waals surface area contributed by atoms with Crippen LogP contribution in [0, 0.1) is 12.8 Å². The molecule has 0 N–H and O–H groups in total. The molecule has 139 valence electrons. The Morgan fingerprint density at radius 3 is 1.09 bits per heavy atom. The van der Waals surface area contributed by atoms with Crippen molar-refractivity contribution in [3.05, 3.63) is 6.92 Å². The molecule has 0 bridgehead atoms. The lowest BCUT2D eigenvalue weighted by molar-refractivity contribution is 0.404. The Morgan fingerprint density at radius 1 is 0.478 bits per heavy atom. The van der Waals surface area contributed by atoms with Crippen molar-refractivity contribution < 1.29 is 0 Å². The third kappa shape index (κ3) is 18.2. The van der Waals surface area contributed by atoms with Gasteiger partial charge in [0.05, 0.1) is 0 Å². The van der Waals surface area contributed by atoms with Gasteiger partial charge < -0.3 is 0 Å². The molecule has 1 radical (unpaired) electrons. The molecule has 1 unspecified atom stereocenters. The second-order valence-corrected chi connectivity index (χ2v) is 7.68. The molecule has 0 rings (SSSR count). The molecule has 0 aliphatic rings. The predicted octanol–water partition coefficient (Wildman–Crippen LogP) is 8.89. The first kappa shape index (κ1) is 23.0. The van der Waals surface area contributed by atoms with Crippen LogP contribution in [0.1, 0.15) is 136 Å². The van der Waals surface area contributed by atoms with E-state index in [0.29, 0.717) is 0 Å². The molecule has 0 nitrogen and oxygen atoms in total. The van der Waals surface area contributed by atoms with Gasteiger partial charge in [0, 0.05) is 0 Å². The van der Waals surface area contributed by atoms with Gasteiger partial charge in [-0.2, -0.15) is 0 Å². The van der Waals surface area contributed by atoms with E-state index in [9.17, 15) is 0 Å². The number of hydrogen-bond donors (Lipinski definition) is 0. The Balaban J connectivity index is 3.28. The summed E-state index contributed by atoms with van der Waals surface area (Å²) in [5.74, 6) is 0.912. The second-order valence-electron chi connectivity index (χ2n) is 7.68. The first-order chi connectivity index (χ1) is 11.3. The van der Waals surface area contributed by atoms with Crippen LogP contribution in [0.5, 0.6) is 0 Å². The monoisotopic (exact) mass is 323 g/mol. The second kappa shape index (κ2) is 20.0. The summed E-state index contributed by atoms with van der Waals surface area (Å²) in [4.78, 5) is 0. The largest absolute Gasteiger partial charge is 0.0654 e. The lowest BCUT2D eigenvalue weighted by Crippen LogP contribution is -1.99. The molecule has 0 aromatic carbocycles. The Kier molecular flexibility index (Phi) is 20.0. The zero-order valence-electron chi connectivity index (χ0n) is 16.7. The predicted molar refractivity (Wildman–Crippen MR) is 108 cm³/mol. The lowest BCUT2D eigenvalue weighted by Gasteiger charge is -2.14. The molecule has 23 heavy (non-hydrogen) atoms. The summed E-state index contributed by atoms with van der Waals surface area (Å²) in [6.07, 6.45) is 27.1. The molecular formula is C23H47. The fourth-order valence-corrected chi connectivity index (χ4v) is 3.57. The van der Waals surface area contributed by atoms with Crippen molar-refractivity contribution in [2.75, 3.05) is 0 Å². The lowest BCUT2D eigenvalue weighted by atomic mass is 9.92. The summed E-state index contributed by atoms with van der Waals surface area (Å²) >= 11 is 0. The average Bonchev–Trinajstić information content (AvgIpc) is 2.57. The zero-order valence-corrected chi connectivity index (χ0v) is 16.7. The molecule has 0 saturated carbocycles. The van der Waals surface area contributed by atoms with Gasteiger partial charge in [0.15, 0.2) is 0 Å². The molecule has 0 aliphatic carbocycles. The molecular weight excluding hydrogens is 276 g/mol. The Bertz CT molecular complexity index is 196. The minimum atomic E-state index is 0.912. The molecule has 0 aromatic heterocycles. The van der Waals surface area contributed by atoms with Gasteiger partial charge in [0.2, 0.25) is 0 Å². The highest BCUT2D eigenvalue weighted by Crippen LogP contribution is 2.21. The Hall–Kier alpha value is 0. The average molecular weight is 324 g/mol. The van der Waals surface area contributed by atoms with E-state index in [0.717, 1.165) is 12.3 Å². The standard InChI is InChI=1S/C23H47/c1-4-7-9-11-13-14-16-18-20-22-23(6-3)21-19-17-15-12-10-8-5-2/h23H,3-22H2,1-2H3. The summed E-state index contributed by atoms with van der Waals surface area (Å²) in [6, 6.07) is 0. The van der Waals surface area contributed by atoms with Crippen molar-refractivity contribution in [3.63, 3.8) is 0 Å². The fourth-order valence-electron chi connectivity index (χ4n) is 3.57. The van der Waals surface area contributed by atoms with Crippen molar-refractivity contribution in [1.82, 2.24) is 0 Å². The highest BCUT2D eigenvalue weighted by atomic mass is 14.1. The normalized spacial score (nSPS) is 12.7. The fraction of sp³-hybridized carbons (Fsp3) is 0.957. The van der Waals surface area contributed by atoms with Crippen LogP contribution in [-0.2, 0) is 0 Å². The maximum atomic E-state index is 4.18. The molecule has 0 heterocycles. The van der Waals surface area contributed by atoms with Gasteiger partial charge in [-0.1, -0.05) is 143 Å². The van der Waals surface area contributed by atoms with Crippen molar-refractivity contribution in [1.29, 1.82) is 0 Å². The van der Waals surface area contributed by atoms with Crippen LogP contribution in [0.3, 0.4) is 0 Å². The summed E-state index contributed by atoms with van der Waals surface area (Å²) < 4.78 is 0. The van der Waals surface area contributed by atoms with Gasteiger partial charge in [-0.05, 0) is 5.92 Å². The zero-order chi connectivity index (χ0) is 17.0. The van der Waals surface area contributed by atoms with E-state index in [2.05, 4.69) is 20.8 Å². The van der Waals surface area contributed by atoms with E-state index in [1.807, 2.05) is 0 Å². The van der Waals surface area contributed by atoms with Crippen molar-refractivity contribution in [3.8, 4) is 0 Å². The summed E-state index contributed by atoms with van der Waals surface area (Å²) in [6.45, 7) is 8.78. The molecule has 0 aliphatic heterocycles. The molecule has 0 fully saturated rings. The smallest absolute Gasteiger partial charge is 0.0414 e. The van der Waals surface area contributed by atoms with E-state index in [1.54, 1.807) is 0 Å². The highest BCUT2D eigenvalue weighted by molar-refractivity contribution is 4.62. The number of hydrogen-bond acceptors (Lipinski definition) is 0. The third-order valence-corrected chi connectivity index (χ3v) is 5.34. The van der Waals surface area contributed by atoms with Crippen LogP contribution in [0.25, 0.3) is 0 Å². The van der Waals surface area contributed by atoms with Gasteiger partial charge in [0.1, 0.15) is 0 Å².